The zero-order chi connectivity index (χ0) is 17.8. The maximum absolute atomic E-state index is 11.9. The van der Waals surface area contributed by atoms with Crippen LogP contribution in [-0.4, -0.2) is 64.9 Å². The first kappa shape index (κ1) is 18.6. The molecule has 2 fully saturated rings. The SMILES string of the molecule is CCSC1C(C(=O)O)=C(C)C=C(N2CCOCC2)N1CCCC1CC1. The molecule has 0 aromatic rings. The third-order valence-electron chi connectivity index (χ3n) is 5.19. The highest BCUT2D eigenvalue weighted by atomic mass is 32.2. The Morgan fingerprint density at radius 3 is 2.68 bits per heavy atom. The maximum Gasteiger partial charge on any atom is 0.334 e. The third-order valence-corrected chi connectivity index (χ3v) is 6.33. The first-order valence-electron chi connectivity index (χ1n) is 9.48. The summed E-state index contributed by atoms with van der Waals surface area (Å²) in [4.78, 5) is 16.6. The van der Waals surface area contributed by atoms with Gasteiger partial charge in [0.25, 0.3) is 0 Å². The summed E-state index contributed by atoms with van der Waals surface area (Å²) in [6, 6.07) is 0. The van der Waals surface area contributed by atoms with E-state index in [4.69, 9.17) is 4.74 Å². The topological polar surface area (TPSA) is 53.0 Å². The van der Waals surface area contributed by atoms with E-state index in [0.717, 1.165) is 56.5 Å². The van der Waals surface area contributed by atoms with Crippen molar-refractivity contribution in [1.29, 1.82) is 0 Å². The molecule has 0 aromatic heterocycles. The number of hydrogen-bond donors (Lipinski definition) is 1. The van der Waals surface area contributed by atoms with Gasteiger partial charge < -0.3 is 19.6 Å². The van der Waals surface area contributed by atoms with E-state index in [1.54, 1.807) is 11.8 Å². The van der Waals surface area contributed by atoms with Crippen molar-refractivity contribution in [2.75, 3.05) is 38.6 Å². The summed E-state index contributed by atoms with van der Waals surface area (Å²) in [5, 5.41) is 9.69. The highest BCUT2D eigenvalue weighted by Gasteiger charge is 2.35. The molecule has 3 aliphatic rings. The summed E-state index contributed by atoms with van der Waals surface area (Å²) in [5.74, 6) is 2.22. The molecular weight excluding hydrogens is 336 g/mol. The van der Waals surface area contributed by atoms with Crippen LogP contribution in [-0.2, 0) is 9.53 Å². The molecule has 0 amide bonds. The minimum absolute atomic E-state index is 0.0930. The van der Waals surface area contributed by atoms with Gasteiger partial charge in [0.2, 0.25) is 0 Å². The van der Waals surface area contributed by atoms with Crippen molar-refractivity contribution in [1.82, 2.24) is 9.80 Å². The molecular formula is C19H30N2O3S. The van der Waals surface area contributed by atoms with E-state index in [1.807, 2.05) is 6.92 Å². The van der Waals surface area contributed by atoms with Crippen molar-refractivity contribution in [3.63, 3.8) is 0 Å². The van der Waals surface area contributed by atoms with Crippen LogP contribution in [0.25, 0.3) is 0 Å². The monoisotopic (exact) mass is 366 g/mol. The van der Waals surface area contributed by atoms with Crippen LogP contribution in [0.15, 0.2) is 23.0 Å². The number of carboxylic acid groups (broad SMARTS) is 1. The molecule has 25 heavy (non-hydrogen) atoms. The number of hydrogen-bond acceptors (Lipinski definition) is 5. The molecule has 140 valence electrons. The van der Waals surface area contributed by atoms with Gasteiger partial charge in [-0.2, -0.15) is 0 Å². The van der Waals surface area contributed by atoms with Gasteiger partial charge in [0, 0.05) is 19.6 Å². The van der Waals surface area contributed by atoms with E-state index < -0.39 is 5.97 Å². The summed E-state index contributed by atoms with van der Waals surface area (Å²) in [7, 11) is 0. The van der Waals surface area contributed by atoms with Gasteiger partial charge in [0.1, 0.15) is 11.2 Å². The standard InChI is InChI=1S/C19H30N2O3S/c1-3-25-18-17(19(22)23)14(2)13-16(20-9-11-24-12-10-20)21(18)8-4-5-15-6-7-15/h13,15,18H,3-12H2,1-2H3,(H,22,23). The molecule has 2 aliphatic heterocycles. The van der Waals surface area contributed by atoms with Crippen molar-refractivity contribution in [2.24, 2.45) is 5.92 Å². The fraction of sp³-hybridized carbons (Fsp3) is 0.737. The second kappa shape index (κ2) is 8.49. The second-order valence-corrected chi connectivity index (χ2v) is 8.45. The Balaban J connectivity index is 1.85. The fourth-order valence-electron chi connectivity index (χ4n) is 3.68. The van der Waals surface area contributed by atoms with E-state index >= 15 is 0 Å². The number of morpholine rings is 1. The molecule has 0 bridgehead atoms. The third kappa shape index (κ3) is 4.53. The van der Waals surface area contributed by atoms with Crippen LogP contribution in [0.1, 0.15) is 39.5 Å². The summed E-state index contributed by atoms with van der Waals surface area (Å²) >= 11 is 1.73. The number of aliphatic carboxylic acids is 1. The molecule has 1 unspecified atom stereocenters. The fourth-order valence-corrected chi connectivity index (χ4v) is 4.85. The molecule has 1 atom stereocenters. The number of allylic oxidation sites excluding steroid dienone is 2. The molecule has 1 N–H and O–H groups in total. The van der Waals surface area contributed by atoms with E-state index in [9.17, 15) is 9.90 Å². The smallest absolute Gasteiger partial charge is 0.334 e. The minimum atomic E-state index is -0.784. The maximum atomic E-state index is 11.9. The molecule has 5 nitrogen and oxygen atoms in total. The summed E-state index contributed by atoms with van der Waals surface area (Å²) in [6.07, 6.45) is 7.23. The van der Waals surface area contributed by atoms with E-state index in [-0.39, 0.29) is 5.37 Å². The van der Waals surface area contributed by atoms with E-state index in [2.05, 4.69) is 22.8 Å². The van der Waals surface area contributed by atoms with Crippen molar-refractivity contribution in [3.8, 4) is 0 Å². The lowest BCUT2D eigenvalue weighted by Crippen LogP contribution is -2.48. The molecule has 1 saturated heterocycles. The van der Waals surface area contributed by atoms with Gasteiger partial charge in [-0.15, -0.1) is 11.8 Å². The Morgan fingerprint density at radius 1 is 1.36 bits per heavy atom. The molecule has 1 aliphatic carbocycles. The van der Waals surface area contributed by atoms with Crippen molar-refractivity contribution in [3.05, 3.63) is 23.0 Å². The van der Waals surface area contributed by atoms with Gasteiger partial charge in [-0.1, -0.05) is 19.8 Å². The largest absolute Gasteiger partial charge is 0.478 e. The Kier molecular flexibility index (Phi) is 6.34. The van der Waals surface area contributed by atoms with Crippen LogP contribution in [0, 0.1) is 5.92 Å². The average molecular weight is 367 g/mol. The Morgan fingerprint density at radius 2 is 2.08 bits per heavy atom. The molecule has 6 heteroatoms. The Labute approximate surface area is 155 Å². The van der Waals surface area contributed by atoms with Gasteiger partial charge in [-0.25, -0.2) is 4.79 Å². The van der Waals surface area contributed by atoms with E-state index in [0.29, 0.717) is 5.57 Å². The van der Waals surface area contributed by atoms with Crippen LogP contribution in [0.2, 0.25) is 0 Å². The summed E-state index contributed by atoms with van der Waals surface area (Å²) in [5.41, 5.74) is 1.44. The lowest BCUT2D eigenvalue weighted by atomic mass is 10.0. The molecule has 0 spiro atoms. The van der Waals surface area contributed by atoms with Crippen LogP contribution in [0.3, 0.4) is 0 Å². The minimum Gasteiger partial charge on any atom is -0.478 e. The van der Waals surface area contributed by atoms with Gasteiger partial charge >= 0.3 is 5.97 Å². The average Bonchev–Trinajstić information content (AvgIpc) is 3.41. The van der Waals surface area contributed by atoms with Crippen molar-refractivity contribution >= 4 is 17.7 Å². The number of thioether (sulfide) groups is 1. The van der Waals surface area contributed by atoms with Crippen molar-refractivity contribution in [2.45, 2.75) is 44.9 Å². The van der Waals surface area contributed by atoms with Gasteiger partial charge in [0.05, 0.1) is 18.8 Å². The van der Waals surface area contributed by atoms with Gasteiger partial charge in [0.15, 0.2) is 0 Å². The molecule has 3 rings (SSSR count). The van der Waals surface area contributed by atoms with Crippen molar-refractivity contribution < 1.29 is 14.6 Å². The number of nitrogens with zero attached hydrogens (tertiary/aromatic N) is 2. The molecule has 0 radical (unpaired) electrons. The van der Waals surface area contributed by atoms with Crippen LogP contribution >= 0.6 is 11.8 Å². The van der Waals surface area contributed by atoms with Gasteiger partial charge in [-0.3, -0.25) is 0 Å². The number of rotatable bonds is 8. The predicted molar refractivity (Wildman–Crippen MR) is 101 cm³/mol. The van der Waals surface area contributed by atoms with Gasteiger partial charge in [-0.05, 0) is 43.1 Å². The second-order valence-electron chi connectivity index (χ2n) is 7.09. The first-order valence-corrected chi connectivity index (χ1v) is 10.5. The molecule has 2 heterocycles. The zero-order valence-corrected chi connectivity index (χ0v) is 16.2. The van der Waals surface area contributed by atoms with Crippen LogP contribution in [0.4, 0.5) is 0 Å². The highest BCUT2D eigenvalue weighted by molar-refractivity contribution is 8.00. The van der Waals surface area contributed by atoms with Crippen LogP contribution in [0.5, 0.6) is 0 Å². The molecule has 0 aromatic carbocycles. The first-order chi connectivity index (χ1) is 12.1. The lowest BCUT2D eigenvalue weighted by Gasteiger charge is -2.44. The molecule has 1 saturated carbocycles. The number of carboxylic acids is 1. The number of ether oxygens (including phenoxy) is 1. The Hall–Kier alpha value is -1.14. The summed E-state index contributed by atoms with van der Waals surface area (Å²) < 4.78 is 5.51. The van der Waals surface area contributed by atoms with E-state index in [1.165, 1.54) is 25.1 Å². The zero-order valence-electron chi connectivity index (χ0n) is 15.4. The summed E-state index contributed by atoms with van der Waals surface area (Å²) in [6.45, 7) is 8.22. The normalized spacial score (nSPS) is 24.6. The quantitative estimate of drug-likeness (QED) is 0.712. The number of carbonyl (C=O) groups is 1. The Bertz CT molecular complexity index is 551. The lowest BCUT2D eigenvalue weighted by molar-refractivity contribution is -0.133. The van der Waals surface area contributed by atoms with Crippen LogP contribution < -0.4 is 0 Å². The predicted octanol–water partition coefficient (Wildman–Crippen LogP) is 3.15. The highest BCUT2D eigenvalue weighted by Crippen LogP contribution is 2.37.